The standard InChI is InChI=1S/C19H16F6N4O2/c1-17(31,16(30)28-10-5-6-13(26)12(7-10)19(23,24)25)8-29-9-27-15-11(18(20,21)22)3-2-4-14(15)29/h2-7,9,31H,8,26H2,1H3,(H,28,30)/t17-/m0/s1. The van der Waals surface area contributed by atoms with Crippen LogP contribution in [0.1, 0.15) is 18.1 Å². The highest BCUT2D eigenvalue weighted by molar-refractivity contribution is 5.97. The maximum Gasteiger partial charge on any atom is 0.418 e. The Morgan fingerprint density at radius 1 is 1.10 bits per heavy atom. The second kappa shape index (κ2) is 7.45. The van der Waals surface area contributed by atoms with Crippen LogP contribution < -0.4 is 11.1 Å². The van der Waals surface area contributed by atoms with Gasteiger partial charge in [-0.1, -0.05) is 6.07 Å². The second-order valence-electron chi connectivity index (χ2n) is 7.07. The summed E-state index contributed by atoms with van der Waals surface area (Å²) in [5.74, 6) is -1.07. The fourth-order valence-electron chi connectivity index (χ4n) is 2.99. The van der Waals surface area contributed by atoms with Gasteiger partial charge in [0.15, 0.2) is 5.60 Å². The Morgan fingerprint density at radius 3 is 2.35 bits per heavy atom. The van der Waals surface area contributed by atoms with Crippen molar-refractivity contribution in [2.75, 3.05) is 11.1 Å². The topological polar surface area (TPSA) is 93.2 Å². The van der Waals surface area contributed by atoms with Crippen molar-refractivity contribution >= 4 is 28.3 Å². The maximum atomic E-state index is 13.1. The molecular formula is C19H16F6N4O2. The first-order chi connectivity index (χ1) is 14.2. The molecule has 12 heteroatoms. The molecule has 3 aromatic rings. The summed E-state index contributed by atoms with van der Waals surface area (Å²) < 4.78 is 79.5. The van der Waals surface area contributed by atoms with E-state index in [1.807, 2.05) is 0 Å². The van der Waals surface area contributed by atoms with Crippen molar-refractivity contribution in [2.45, 2.75) is 31.4 Å². The molecule has 4 N–H and O–H groups in total. The van der Waals surface area contributed by atoms with Gasteiger partial charge in [-0.15, -0.1) is 0 Å². The predicted molar refractivity (Wildman–Crippen MR) is 99.8 cm³/mol. The molecule has 2 aromatic carbocycles. The van der Waals surface area contributed by atoms with Crippen LogP contribution in [0.5, 0.6) is 0 Å². The Balaban J connectivity index is 1.86. The van der Waals surface area contributed by atoms with Gasteiger partial charge >= 0.3 is 12.4 Å². The number of nitrogens with two attached hydrogens (primary N) is 1. The summed E-state index contributed by atoms with van der Waals surface area (Å²) >= 11 is 0. The molecule has 0 spiro atoms. The van der Waals surface area contributed by atoms with Gasteiger partial charge in [-0.25, -0.2) is 4.98 Å². The lowest BCUT2D eigenvalue weighted by atomic mass is 10.0. The average Bonchev–Trinajstić information content (AvgIpc) is 3.03. The molecule has 0 saturated carbocycles. The molecule has 0 aliphatic rings. The lowest BCUT2D eigenvalue weighted by Gasteiger charge is -2.23. The van der Waals surface area contributed by atoms with Crippen LogP contribution in [-0.2, 0) is 23.7 Å². The third-order valence-electron chi connectivity index (χ3n) is 4.54. The van der Waals surface area contributed by atoms with Crippen molar-refractivity contribution in [1.82, 2.24) is 9.55 Å². The molecule has 1 aromatic heterocycles. The highest BCUT2D eigenvalue weighted by Gasteiger charge is 2.36. The fourth-order valence-corrected chi connectivity index (χ4v) is 2.99. The van der Waals surface area contributed by atoms with Crippen LogP contribution in [0.4, 0.5) is 37.7 Å². The Bertz CT molecular complexity index is 1130. The minimum absolute atomic E-state index is 0.0229. The van der Waals surface area contributed by atoms with E-state index in [0.29, 0.717) is 6.07 Å². The smallest absolute Gasteiger partial charge is 0.398 e. The van der Waals surface area contributed by atoms with E-state index in [2.05, 4.69) is 10.3 Å². The Morgan fingerprint density at radius 2 is 1.74 bits per heavy atom. The van der Waals surface area contributed by atoms with E-state index in [9.17, 15) is 36.2 Å². The molecule has 0 aliphatic carbocycles. The summed E-state index contributed by atoms with van der Waals surface area (Å²) in [6.45, 7) is 0.571. The van der Waals surface area contributed by atoms with Crippen LogP contribution >= 0.6 is 0 Å². The number of carbonyl (C=O) groups excluding carboxylic acids is 1. The van der Waals surface area contributed by atoms with E-state index < -0.39 is 47.2 Å². The van der Waals surface area contributed by atoms with Gasteiger partial charge in [0.05, 0.1) is 29.5 Å². The summed E-state index contributed by atoms with van der Waals surface area (Å²) in [5, 5.41) is 12.7. The molecule has 166 valence electrons. The molecule has 0 radical (unpaired) electrons. The summed E-state index contributed by atoms with van der Waals surface area (Å²) in [4.78, 5) is 16.2. The summed E-state index contributed by atoms with van der Waals surface area (Å²) in [5.41, 5.74) is -0.167. The minimum atomic E-state index is -4.75. The van der Waals surface area contributed by atoms with Gasteiger partial charge < -0.3 is 20.7 Å². The number of hydrogen-bond donors (Lipinski definition) is 3. The van der Waals surface area contributed by atoms with Gasteiger partial charge in [-0.2, -0.15) is 26.3 Å². The van der Waals surface area contributed by atoms with Crippen LogP contribution in [0.2, 0.25) is 0 Å². The van der Waals surface area contributed by atoms with Crippen LogP contribution in [-0.4, -0.2) is 26.2 Å². The number of amides is 1. The number of benzene rings is 2. The number of aromatic nitrogens is 2. The molecule has 0 bridgehead atoms. The molecule has 31 heavy (non-hydrogen) atoms. The predicted octanol–water partition coefficient (Wildman–Crippen LogP) is 4.05. The van der Waals surface area contributed by atoms with Gasteiger partial charge in [0.1, 0.15) is 5.52 Å². The van der Waals surface area contributed by atoms with Crippen molar-refractivity contribution in [2.24, 2.45) is 0 Å². The Labute approximate surface area is 171 Å². The molecule has 0 unspecified atom stereocenters. The van der Waals surface area contributed by atoms with E-state index in [1.54, 1.807) is 0 Å². The van der Waals surface area contributed by atoms with Gasteiger partial charge in [0, 0.05) is 11.4 Å². The van der Waals surface area contributed by atoms with Crippen molar-refractivity contribution in [3.63, 3.8) is 0 Å². The largest absolute Gasteiger partial charge is 0.418 e. The maximum absolute atomic E-state index is 13.1. The number of nitrogens with zero attached hydrogens (tertiary/aromatic N) is 2. The number of halogens is 6. The summed E-state index contributed by atoms with van der Waals surface area (Å²) in [6, 6.07) is 6.04. The van der Waals surface area contributed by atoms with E-state index in [-0.39, 0.29) is 16.7 Å². The quantitative estimate of drug-likeness (QED) is 0.417. The highest BCUT2D eigenvalue weighted by Crippen LogP contribution is 2.36. The number of rotatable bonds is 4. The lowest BCUT2D eigenvalue weighted by Crippen LogP contribution is -2.43. The first-order valence-corrected chi connectivity index (χ1v) is 8.72. The van der Waals surface area contributed by atoms with E-state index in [0.717, 1.165) is 42.1 Å². The van der Waals surface area contributed by atoms with E-state index in [4.69, 9.17) is 5.73 Å². The second-order valence-corrected chi connectivity index (χ2v) is 7.07. The molecule has 0 saturated heterocycles. The third-order valence-corrected chi connectivity index (χ3v) is 4.54. The summed E-state index contributed by atoms with van der Waals surface area (Å²) in [6.07, 6.45) is -8.37. The van der Waals surface area contributed by atoms with Gasteiger partial charge in [-0.3, -0.25) is 4.79 Å². The molecule has 0 fully saturated rings. The number of nitrogen functional groups attached to an aromatic ring is 1. The van der Waals surface area contributed by atoms with Crippen LogP contribution in [0.3, 0.4) is 0 Å². The SMILES string of the molecule is C[C@](O)(Cn1cnc2c(C(F)(F)F)cccc21)C(=O)Nc1ccc(N)c(C(F)(F)F)c1. The Hall–Kier alpha value is -3.28. The normalized spacial score (nSPS) is 14.5. The number of nitrogens with one attached hydrogen (secondary N) is 1. The Kier molecular flexibility index (Phi) is 5.38. The van der Waals surface area contributed by atoms with E-state index >= 15 is 0 Å². The molecule has 1 atom stereocenters. The minimum Gasteiger partial charge on any atom is -0.398 e. The zero-order chi connectivity index (χ0) is 23.2. The number of fused-ring (bicyclic) bond motifs is 1. The van der Waals surface area contributed by atoms with Crippen molar-refractivity contribution in [3.05, 3.63) is 53.9 Å². The third kappa shape index (κ3) is 4.58. The fraction of sp³-hybridized carbons (Fsp3) is 0.263. The van der Waals surface area contributed by atoms with E-state index in [1.165, 1.54) is 6.07 Å². The first-order valence-electron chi connectivity index (χ1n) is 8.72. The number of hydrogen-bond acceptors (Lipinski definition) is 4. The summed E-state index contributed by atoms with van der Waals surface area (Å²) in [7, 11) is 0. The molecule has 1 amide bonds. The van der Waals surface area contributed by atoms with Gasteiger partial charge in [0.2, 0.25) is 0 Å². The molecular weight excluding hydrogens is 430 g/mol. The number of imidazole rings is 1. The first kappa shape index (κ1) is 22.4. The zero-order valence-electron chi connectivity index (χ0n) is 15.8. The van der Waals surface area contributed by atoms with Crippen molar-refractivity contribution in [1.29, 1.82) is 0 Å². The molecule has 0 aliphatic heterocycles. The number of anilines is 2. The highest BCUT2D eigenvalue weighted by atomic mass is 19.4. The number of para-hydroxylation sites is 1. The van der Waals surface area contributed by atoms with Gasteiger partial charge in [0.25, 0.3) is 5.91 Å². The number of aliphatic hydroxyl groups is 1. The average molecular weight is 446 g/mol. The zero-order valence-corrected chi connectivity index (χ0v) is 15.8. The van der Waals surface area contributed by atoms with Crippen molar-refractivity contribution < 1.29 is 36.2 Å². The van der Waals surface area contributed by atoms with Crippen LogP contribution in [0.25, 0.3) is 11.0 Å². The molecule has 3 rings (SSSR count). The molecule has 6 nitrogen and oxygen atoms in total. The number of alkyl halides is 6. The van der Waals surface area contributed by atoms with Gasteiger partial charge in [-0.05, 0) is 37.3 Å². The monoisotopic (exact) mass is 446 g/mol. The van der Waals surface area contributed by atoms with Crippen LogP contribution in [0.15, 0.2) is 42.7 Å². The van der Waals surface area contributed by atoms with Crippen molar-refractivity contribution in [3.8, 4) is 0 Å². The molecule has 1 heterocycles. The number of carbonyl (C=O) groups is 1. The van der Waals surface area contributed by atoms with Crippen LogP contribution in [0, 0.1) is 0 Å². The lowest BCUT2D eigenvalue weighted by molar-refractivity contribution is -0.137.